The first-order chi connectivity index (χ1) is 5.86. The zero-order valence-electron chi connectivity index (χ0n) is 6.99. The predicted molar refractivity (Wildman–Crippen MR) is 51.0 cm³/mol. The van der Waals surface area contributed by atoms with Crippen molar-refractivity contribution < 1.29 is 0 Å². The number of rotatable bonds is 2. The van der Waals surface area contributed by atoms with Gasteiger partial charge in [-0.25, -0.2) is 4.98 Å². The van der Waals surface area contributed by atoms with Gasteiger partial charge in [-0.15, -0.1) is 11.3 Å². The summed E-state index contributed by atoms with van der Waals surface area (Å²) in [5, 5.41) is 0.877. The Morgan fingerprint density at radius 2 is 2.25 bits per heavy atom. The predicted octanol–water partition coefficient (Wildman–Crippen LogP) is 1.32. The molecule has 1 aromatic heterocycles. The highest BCUT2D eigenvalue weighted by Gasteiger charge is 2.13. The van der Waals surface area contributed by atoms with Crippen LogP contribution in [0.3, 0.4) is 0 Å². The Kier molecular flexibility index (Phi) is 2.28. The largest absolute Gasteiger partial charge is 0.389 e. The highest BCUT2D eigenvalue weighted by Crippen LogP contribution is 2.19. The molecule has 1 saturated heterocycles. The summed E-state index contributed by atoms with van der Waals surface area (Å²) in [7, 11) is 0. The first-order valence-electron chi connectivity index (χ1n) is 4.26. The van der Waals surface area contributed by atoms with Gasteiger partial charge in [0.2, 0.25) is 0 Å². The van der Waals surface area contributed by atoms with Gasteiger partial charge < -0.3 is 5.73 Å². The fraction of sp³-hybridized carbons (Fsp3) is 0.625. The fourth-order valence-corrected chi connectivity index (χ4v) is 2.10. The monoisotopic (exact) mass is 183 g/mol. The van der Waals surface area contributed by atoms with Gasteiger partial charge in [-0.2, -0.15) is 0 Å². The van der Waals surface area contributed by atoms with Crippen molar-refractivity contribution in [2.45, 2.75) is 19.4 Å². The van der Waals surface area contributed by atoms with Crippen molar-refractivity contribution in [3.63, 3.8) is 0 Å². The van der Waals surface area contributed by atoms with E-state index in [0.717, 1.165) is 17.2 Å². The molecule has 0 unspecified atom stereocenters. The maximum absolute atomic E-state index is 5.75. The molecule has 0 amide bonds. The van der Waals surface area contributed by atoms with E-state index in [0.29, 0.717) is 0 Å². The summed E-state index contributed by atoms with van der Waals surface area (Å²) in [4.78, 5) is 6.64. The van der Waals surface area contributed by atoms with Gasteiger partial charge in [0, 0.05) is 6.54 Å². The van der Waals surface area contributed by atoms with E-state index in [1.54, 1.807) is 0 Å². The molecule has 1 aliphatic rings. The summed E-state index contributed by atoms with van der Waals surface area (Å²) in [5.74, 6) is 0. The second-order valence-corrected chi connectivity index (χ2v) is 4.03. The van der Waals surface area contributed by atoms with Crippen LogP contribution in [0.4, 0.5) is 5.00 Å². The van der Waals surface area contributed by atoms with Crippen LogP contribution in [-0.2, 0) is 6.54 Å². The van der Waals surface area contributed by atoms with Crippen molar-refractivity contribution in [1.29, 1.82) is 0 Å². The van der Waals surface area contributed by atoms with E-state index >= 15 is 0 Å². The molecule has 1 aromatic rings. The van der Waals surface area contributed by atoms with Gasteiger partial charge in [0.15, 0.2) is 0 Å². The molecule has 0 spiro atoms. The van der Waals surface area contributed by atoms with Crippen LogP contribution >= 0.6 is 11.3 Å². The molecule has 0 bridgehead atoms. The lowest BCUT2D eigenvalue weighted by atomic mass is 10.4. The van der Waals surface area contributed by atoms with Crippen LogP contribution in [0.2, 0.25) is 0 Å². The zero-order valence-corrected chi connectivity index (χ0v) is 7.81. The van der Waals surface area contributed by atoms with Crippen molar-refractivity contribution in [1.82, 2.24) is 9.88 Å². The molecule has 0 aromatic carbocycles. The first-order valence-corrected chi connectivity index (χ1v) is 5.14. The number of nitrogens with two attached hydrogens (primary N) is 1. The van der Waals surface area contributed by atoms with Crippen LogP contribution in [0.1, 0.15) is 18.5 Å². The number of hydrogen-bond donors (Lipinski definition) is 1. The second-order valence-electron chi connectivity index (χ2n) is 3.15. The van der Waals surface area contributed by atoms with Gasteiger partial charge >= 0.3 is 0 Å². The average Bonchev–Trinajstić information content (AvgIpc) is 2.65. The van der Waals surface area contributed by atoms with Crippen LogP contribution in [0, 0.1) is 0 Å². The quantitative estimate of drug-likeness (QED) is 0.752. The molecule has 0 atom stereocenters. The van der Waals surface area contributed by atoms with Gasteiger partial charge in [-0.1, -0.05) is 0 Å². The van der Waals surface area contributed by atoms with Crippen molar-refractivity contribution in [2.24, 2.45) is 0 Å². The lowest BCUT2D eigenvalue weighted by molar-refractivity contribution is 0.328. The lowest BCUT2D eigenvalue weighted by Gasteiger charge is -2.12. The summed E-state index contributed by atoms with van der Waals surface area (Å²) < 4.78 is 0. The van der Waals surface area contributed by atoms with E-state index in [-0.39, 0.29) is 0 Å². The molecule has 2 rings (SSSR count). The minimum Gasteiger partial charge on any atom is -0.389 e. The Morgan fingerprint density at radius 1 is 1.50 bits per heavy atom. The Balaban J connectivity index is 1.98. The molecule has 12 heavy (non-hydrogen) atoms. The van der Waals surface area contributed by atoms with Gasteiger partial charge in [0.1, 0.15) is 5.00 Å². The van der Waals surface area contributed by atoms with Crippen molar-refractivity contribution in [2.75, 3.05) is 18.8 Å². The SMILES string of the molecule is Nc1scnc1CN1CCCC1. The van der Waals surface area contributed by atoms with Crippen LogP contribution in [0.25, 0.3) is 0 Å². The molecule has 4 heteroatoms. The number of nitrogens with zero attached hydrogens (tertiary/aromatic N) is 2. The number of hydrogen-bond acceptors (Lipinski definition) is 4. The third-order valence-corrected chi connectivity index (χ3v) is 2.95. The van der Waals surface area contributed by atoms with Crippen molar-refractivity contribution >= 4 is 16.3 Å². The molecule has 3 nitrogen and oxygen atoms in total. The Labute approximate surface area is 76.2 Å². The van der Waals surface area contributed by atoms with Crippen LogP contribution in [0.5, 0.6) is 0 Å². The van der Waals surface area contributed by atoms with E-state index in [9.17, 15) is 0 Å². The van der Waals surface area contributed by atoms with E-state index in [4.69, 9.17) is 5.73 Å². The van der Waals surface area contributed by atoms with Crippen molar-refractivity contribution in [3.8, 4) is 0 Å². The zero-order chi connectivity index (χ0) is 8.39. The Bertz CT molecular complexity index is 253. The second kappa shape index (κ2) is 3.41. The fourth-order valence-electron chi connectivity index (χ4n) is 1.55. The van der Waals surface area contributed by atoms with Gasteiger partial charge in [-0.05, 0) is 25.9 Å². The standard InChI is InChI=1S/C8H13N3S/c9-8-7(10-6-12-8)5-11-3-1-2-4-11/h6H,1-5,9H2. The molecule has 0 radical (unpaired) electrons. The molecule has 1 fully saturated rings. The smallest absolute Gasteiger partial charge is 0.110 e. The van der Waals surface area contributed by atoms with E-state index in [1.807, 2.05) is 5.51 Å². The average molecular weight is 183 g/mol. The van der Waals surface area contributed by atoms with Crippen LogP contribution < -0.4 is 5.73 Å². The summed E-state index contributed by atoms with van der Waals surface area (Å²) in [6, 6.07) is 0. The first kappa shape index (κ1) is 8.01. The third-order valence-electron chi connectivity index (χ3n) is 2.24. The number of anilines is 1. The highest BCUT2D eigenvalue weighted by atomic mass is 32.1. The van der Waals surface area contributed by atoms with Gasteiger partial charge in [-0.3, -0.25) is 4.90 Å². The molecular formula is C8H13N3S. The molecule has 2 N–H and O–H groups in total. The number of nitrogen functional groups attached to an aromatic ring is 1. The summed E-state index contributed by atoms with van der Waals surface area (Å²) >= 11 is 1.53. The number of likely N-dealkylation sites (tertiary alicyclic amines) is 1. The van der Waals surface area contributed by atoms with Gasteiger partial charge in [0.05, 0.1) is 11.2 Å². The number of aromatic nitrogens is 1. The molecule has 0 aliphatic carbocycles. The Morgan fingerprint density at radius 3 is 2.83 bits per heavy atom. The summed E-state index contributed by atoms with van der Waals surface area (Å²) in [5.41, 5.74) is 8.63. The molecular weight excluding hydrogens is 170 g/mol. The Hall–Kier alpha value is -0.610. The summed E-state index contributed by atoms with van der Waals surface area (Å²) in [6.07, 6.45) is 2.65. The normalized spacial score (nSPS) is 18.7. The summed E-state index contributed by atoms with van der Waals surface area (Å²) in [6.45, 7) is 3.35. The maximum Gasteiger partial charge on any atom is 0.110 e. The molecule has 1 aliphatic heterocycles. The van der Waals surface area contributed by atoms with Crippen molar-refractivity contribution in [3.05, 3.63) is 11.2 Å². The maximum atomic E-state index is 5.75. The minimum absolute atomic E-state index is 0.877. The third kappa shape index (κ3) is 1.59. The van der Waals surface area contributed by atoms with E-state index in [1.165, 1.54) is 37.3 Å². The minimum atomic E-state index is 0.877. The van der Waals surface area contributed by atoms with Crippen LogP contribution in [-0.4, -0.2) is 23.0 Å². The molecule has 0 saturated carbocycles. The lowest BCUT2D eigenvalue weighted by Crippen LogP contribution is -2.19. The molecule has 66 valence electrons. The highest BCUT2D eigenvalue weighted by molar-refractivity contribution is 7.13. The van der Waals surface area contributed by atoms with Crippen LogP contribution in [0.15, 0.2) is 5.51 Å². The van der Waals surface area contributed by atoms with Gasteiger partial charge in [0.25, 0.3) is 0 Å². The molecule has 2 heterocycles. The number of thiazole rings is 1. The topological polar surface area (TPSA) is 42.1 Å². The van der Waals surface area contributed by atoms with E-state index in [2.05, 4.69) is 9.88 Å². The van der Waals surface area contributed by atoms with E-state index < -0.39 is 0 Å².